The van der Waals surface area contributed by atoms with Gasteiger partial charge >= 0.3 is 0 Å². The predicted octanol–water partition coefficient (Wildman–Crippen LogP) is 1.67. The minimum Gasteiger partial charge on any atom is -0.328 e. The molecule has 0 aliphatic heterocycles. The van der Waals surface area contributed by atoms with E-state index in [-0.39, 0.29) is 18.6 Å². The maximum atomic E-state index is 5.78. The molecule has 0 saturated heterocycles. The van der Waals surface area contributed by atoms with Gasteiger partial charge in [0.05, 0.1) is 10.5 Å². The Morgan fingerprint density at radius 2 is 2.27 bits per heavy atom. The molecule has 1 aromatic rings. The fourth-order valence-corrected chi connectivity index (χ4v) is 1.89. The third-order valence-corrected chi connectivity index (χ3v) is 2.82. The normalized spacial score (nSPS) is 12.7. The summed E-state index contributed by atoms with van der Waals surface area (Å²) in [4.78, 5) is 1.14. The molecule has 5 N–H and O–H groups in total. The molecule has 3 nitrogen and oxygen atoms in total. The molecule has 0 amide bonds. The second-order valence-electron chi connectivity index (χ2n) is 2.79. The van der Waals surface area contributed by atoms with E-state index in [1.165, 1.54) is 0 Å². The monoisotopic (exact) mass is 267 g/mol. The summed E-state index contributed by atoms with van der Waals surface area (Å²) in [5.74, 6) is 0. The van der Waals surface area contributed by atoms with Gasteiger partial charge in [-0.25, -0.2) is 0 Å². The van der Waals surface area contributed by atoms with Gasteiger partial charge < -0.3 is 11.5 Å². The van der Waals surface area contributed by atoms with E-state index in [1.807, 2.05) is 24.3 Å². The first-order valence-corrected chi connectivity index (χ1v) is 5.52. The summed E-state index contributed by atoms with van der Waals surface area (Å²) in [6, 6.07) is 3.86. The van der Waals surface area contributed by atoms with Crippen LogP contribution < -0.4 is 16.8 Å². The van der Waals surface area contributed by atoms with Crippen molar-refractivity contribution < 1.29 is 0 Å². The van der Waals surface area contributed by atoms with E-state index in [4.69, 9.17) is 23.1 Å². The Morgan fingerprint density at radius 1 is 1.53 bits per heavy atom. The van der Waals surface area contributed by atoms with Crippen LogP contribution in [-0.2, 0) is 0 Å². The molecule has 1 rings (SSSR count). The van der Waals surface area contributed by atoms with Crippen LogP contribution in [0, 0.1) is 0 Å². The lowest BCUT2D eigenvalue weighted by atomic mass is 10.4. The summed E-state index contributed by atoms with van der Waals surface area (Å²) in [6.45, 7) is 1.16. The first-order valence-electron chi connectivity index (χ1n) is 4.33. The predicted molar refractivity (Wildman–Crippen MR) is 70.6 cm³/mol. The molecule has 1 atom stereocenters. The van der Waals surface area contributed by atoms with E-state index in [1.54, 1.807) is 11.3 Å². The SMILES string of the molecule is Cl.NCC(N)NCC=Cc1ccc(Cl)s1. The largest absolute Gasteiger partial charge is 0.328 e. The standard InChI is InChI=1S/C9H14ClN3S.ClH/c10-8-4-3-7(14-8)2-1-5-13-9(12)6-11;/h1-4,9,13H,5-6,11-12H2;1H. The number of hydrogen-bond donors (Lipinski definition) is 3. The maximum absolute atomic E-state index is 5.78. The zero-order valence-electron chi connectivity index (χ0n) is 8.15. The van der Waals surface area contributed by atoms with Crippen LogP contribution >= 0.6 is 35.3 Å². The highest BCUT2D eigenvalue weighted by Gasteiger charge is 1.94. The van der Waals surface area contributed by atoms with Crippen LogP contribution in [0.3, 0.4) is 0 Å². The summed E-state index contributed by atoms with van der Waals surface area (Å²) >= 11 is 7.33. The zero-order valence-corrected chi connectivity index (χ0v) is 10.5. The van der Waals surface area contributed by atoms with Crippen LogP contribution in [0.15, 0.2) is 18.2 Å². The highest BCUT2D eigenvalue weighted by molar-refractivity contribution is 7.16. The van der Waals surface area contributed by atoms with Crippen molar-refractivity contribution in [2.45, 2.75) is 6.17 Å². The lowest BCUT2D eigenvalue weighted by Crippen LogP contribution is -2.43. The van der Waals surface area contributed by atoms with Gasteiger partial charge in [-0.3, -0.25) is 5.32 Å². The highest BCUT2D eigenvalue weighted by Crippen LogP contribution is 2.22. The van der Waals surface area contributed by atoms with Crippen LogP contribution in [-0.4, -0.2) is 19.3 Å². The summed E-state index contributed by atoms with van der Waals surface area (Å²) < 4.78 is 0.802. The average molecular weight is 268 g/mol. The molecule has 0 aliphatic rings. The number of nitrogens with two attached hydrogens (primary N) is 2. The van der Waals surface area contributed by atoms with Crippen molar-refractivity contribution in [2.75, 3.05) is 13.1 Å². The molecule has 0 aromatic carbocycles. The molecule has 86 valence electrons. The van der Waals surface area contributed by atoms with Gasteiger partial charge in [-0.2, -0.15) is 0 Å². The lowest BCUT2D eigenvalue weighted by Gasteiger charge is -2.07. The van der Waals surface area contributed by atoms with Gasteiger partial charge in [0.1, 0.15) is 0 Å². The summed E-state index contributed by atoms with van der Waals surface area (Å²) in [5, 5.41) is 3.05. The Labute approximate surface area is 105 Å². The van der Waals surface area contributed by atoms with Crippen molar-refractivity contribution in [1.82, 2.24) is 5.32 Å². The Morgan fingerprint density at radius 3 is 2.80 bits per heavy atom. The van der Waals surface area contributed by atoms with E-state index in [0.717, 1.165) is 9.21 Å². The second kappa shape index (κ2) is 8.10. The molecular formula is C9H15Cl2N3S. The van der Waals surface area contributed by atoms with E-state index in [0.29, 0.717) is 13.1 Å². The van der Waals surface area contributed by atoms with Crippen LogP contribution in [0.5, 0.6) is 0 Å². The zero-order chi connectivity index (χ0) is 10.4. The van der Waals surface area contributed by atoms with E-state index in [9.17, 15) is 0 Å². The fraction of sp³-hybridized carbons (Fsp3) is 0.333. The molecule has 1 heterocycles. The Bertz CT molecular complexity index is 301. The van der Waals surface area contributed by atoms with E-state index < -0.39 is 0 Å². The Balaban J connectivity index is 0.00000196. The number of nitrogens with one attached hydrogen (secondary N) is 1. The number of thiophene rings is 1. The van der Waals surface area contributed by atoms with Gasteiger partial charge in [0, 0.05) is 18.0 Å². The maximum Gasteiger partial charge on any atom is 0.0934 e. The summed E-state index contributed by atoms with van der Waals surface area (Å²) in [5.41, 5.74) is 10.9. The van der Waals surface area contributed by atoms with Crippen LogP contribution in [0.25, 0.3) is 6.08 Å². The molecule has 0 saturated carbocycles. The molecule has 0 aliphatic carbocycles. The van der Waals surface area contributed by atoms with Gasteiger partial charge in [-0.15, -0.1) is 23.7 Å². The lowest BCUT2D eigenvalue weighted by molar-refractivity contribution is 0.569. The number of halogens is 2. The molecule has 15 heavy (non-hydrogen) atoms. The molecule has 1 unspecified atom stereocenters. The fourth-order valence-electron chi connectivity index (χ4n) is 0.896. The smallest absolute Gasteiger partial charge is 0.0934 e. The van der Waals surface area contributed by atoms with E-state index in [2.05, 4.69) is 5.32 Å². The topological polar surface area (TPSA) is 64.1 Å². The second-order valence-corrected chi connectivity index (χ2v) is 4.54. The molecule has 0 radical (unpaired) electrons. The Kier molecular flexibility index (Phi) is 8.04. The average Bonchev–Trinajstić information content (AvgIpc) is 2.58. The van der Waals surface area contributed by atoms with Crippen molar-refractivity contribution in [3.8, 4) is 0 Å². The van der Waals surface area contributed by atoms with Crippen LogP contribution in [0.1, 0.15) is 4.88 Å². The molecule has 0 fully saturated rings. The van der Waals surface area contributed by atoms with Gasteiger partial charge in [0.25, 0.3) is 0 Å². The minimum absolute atomic E-state index is 0. The number of hydrogen-bond acceptors (Lipinski definition) is 4. The summed E-state index contributed by atoms with van der Waals surface area (Å²) in [6.07, 6.45) is 3.87. The molecule has 6 heteroatoms. The third-order valence-electron chi connectivity index (χ3n) is 1.63. The molecule has 0 bridgehead atoms. The van der Waals surface area contributed by atoms with Crippen molar-refractivity contribution in [3.05, 3.63) is 27.4 Å². The molecule has 1 aromatic heterocycles. The van der Waals surface area contributed by atoms with Crippen molar-refractivity contribution in [1.29, 1.82) is 0 Å². The van der Waals surface area contributed by atoms with Crippen molar-refractivity contribution >= 4 is 41.4 Å². The number of rotatable bonds is 5. The van der Waals surface area contributed by atoms with Crippen LogP contribution in [0.2, 0.25) is 4.34 Å². The minimum atomic E-state index is -0.133. The highest BCUT2D eigenvalue weighted by atomic mass is 35.5. The van der Waals surface area contributed by atoms with Crippen molar-refractivity contribution in [2.24, 2.45) is 11.5 Å². The van der Waals surface area contributed by atoms with Gasteiger partial charge in [-0.05, 0) is 18.2 Å². The van der Waals surface area contributed by atoms with Crippen LogP contribution in [0.4, 0.5) is 0 Å². The first-order chi connectivity index (χ1) is 6.72. The Hall–Kier alpha value is -0.100. The quantitative estimate of drug-likeness (QED) is 0.712. The van der Waals surface area contributed by atoms with Gasteiger partial charge in [0.2, 0.25) is 0 Å². The first kappa shape index (κ1) is 14.9. The molecule has 0 spiro atoms. The molecular weight excluding hydrogens is 253 g/mol. The van der Waals surface area contributed by atoms with Gasteiger partial charge in [0.15, 0.2) is 0 Å². The van der Waals surface area contributed by atoms with E-state index >= 15 is 0 Å². The van der Waals surface area contributed by atoms with Crippen molar-refractivity contribution in [3.63, 3.8) is 0 Å². The van der Waals surface area contributed by atoms with Gasteiger partial charge in [-0.1, -0.05) is 17.7 Å². The third kappa shape index (κ3) is 6.14. The summed E-state index contributed by atoms with van der Waals surface area (Å²) in [7, 11) is 0.